The lowest BCUT2D eigenvalue weighted by Crippen LogP contribution is -2.51. The zero-order valence-electron chi connectivity index (χ0n) is 10.2. The average Bonchev–Trinajstić information content (AvgIpc) is 2.89. The number of furan rings is 1. The summed E-state index contributed by atoms with van der Waals surface area (Å²) in [5.74, 6) is 0. The SMILES string of the molecule is NCC1CCCCN1S(=O)(=O)NCc1ccoc1. The Morgan fingerprint density at radius 1 is 1.50 bits per heavy atom. The zero-order valence-corrected chi connectivity index (χ0v) is 11.0. The summed E-state index contributed by atoms with van der Waals surface area (Å²) < 4.78 is 33.3. The van der Waals surface area contributed by atoms with Crippen molar-refractivity contribution in [1.29, 1.82) is 0 Å². The summed E-state index contributed by atoms with van der Waals surface area (Å²) in [6.07, 6.45) is 5.81. The maximum Gasteiger partial charge on any atom is 0.280 e. The Kier molecular flexibility index (Phi) is 4.39. The van der Waals surface area contributed by atoms with Gasteiger partial charge >= 0.3 is 0 Å². The van der Waals surface area contributed by atoms with Crippen molar-refractivity contribution >= 4 is 10.2 Å². The molecule has 0 aliphatic carbocycles. The van der Waals surface area contributed by atoms with Crippen LogP contribution < -0.4 is 10.5 Å². The Bertz CT molecular complexity index is 458. The fourth-order valence-corrected chi connectivity index (χ4v) is 3.65. The van der Waals surface area contributed by atoms with Gasteiger partial charge in [0.2, 0.25) is 0 Å². The van der Waals surface area contributed by atoms with Crippen molar-refractivity contribution in [2.24, 2.45) is 5.73 Å². The van der Waals surface area contributed by atoms with E-state index < -0.39 is 10.2 Å². The normalized spacial score (nSPS) is 22.2. The Morgan fingerprint density at radius 3 is 3.00 bits per heavy atom. The molecule has 1 atom stereocenters. The highest BCUT2D eigenvalue weighted by atomic mass is 32.2. The molecule has 0 amide bonds. The summed E-state index contributed by atoms with van der Waals surface area (Å²) >= 11 is 0. The third-order valence-corrected chi connectivity index (χ3v) is 4.80. The van der Waals surface area contributed by atoms with E-state index in [1.807, 2.05) is 0 Å². The minimum Gasteiger partial charge on any atom is -0.472 e. The maximum atomic E-state index is 12.2. The summed E-state index contributed by atoms with van der Waals surface area (Å²) in [4.78, 5) is 0. The first-order valence-corrected chi connectivity index (χ1v) is 7.55. The molecule has 1 unspecified atom stereocenters. The van der Waals surface area contributed by atoms with Gasteiger partial charge in [0.05, 0.1) is 12.5 Å². The Balaban J connectivity index is 2.00. The van der Waals surface area contributed by atoms with Crippen LogP contribution in [-0.4, -0.2) is 31.9 Å². The van der Waals surface area contributed by atoms with E-state index in [1.165, 1.54) is 16.8 Å². The molecule has 18 heavy (non-hydrogen) atoms. The Labute approximate surface area is 107 Å². The second kappa shape index (κ2) is 5.83. The zero-order chi connectivity index (χ0) is 13.0. The number of nitrogens with zero attached hydrogens (tertiary/aromatic N) is 1. The Morgan fingerprint density at radius 2 is 2.33 bits per heavy atom. The van der Waals surface area contributed by atoms with E-state index in [2.05, 4.69) is 4.72 Å². The van der Waals surface area contributed by atoms with Crippen molar-refractivity contribution in [1.82, 2.24) is 9.03 Å². The Hall–Kier alpha value is -0.890. The molecule has 0 saturated carbocycles. The molecule has 0 radical (unpaired) electrons. The molecule has 3 N–H and O–H groups in total. The van der Waals surface area contributed by atoms with Gasteiger partial charge in [0, 0.05) is 31.2 Å². The van der Waals surface area contributed by atoms with Crippen LogP contribution >= 0.6 is 0 Å². The van der Waals surface area contributed by atoms with Crippen LogP contribution in [0, 0.1) is 0 Å². The highest BCUT2D eigenvalue weighted by molar-refractivity contribution is 7.87. The standard InChI is InChI=1S/C11H19N3O3S/c12-7-11-3-1-2-5-14(11)18(15,16)13-8-10-4-6-17-9-10/h4,6,9,11,13H,1-3,5,7-8,12H2. The summed E-state index contributed by atoms with van der Waals surface area (Å²) in [5.41, 5.74) is 6.44. The molecule has 2 heterocycles. The van der Waals surface area contributed by atoms with Gasteiger partial charge < -0.3 is 10.2 Å². The van der Waals surface area contributed by atoms with Gasteiger partial charge in [-0.25, -0.2) is 0 Å². The fourth-order valence-electron chi connectivity index (χ4n) is 2.18. The highest BCUT2D eigenvalue weighted by Crippen LogP contribution is 2.19. The minimum atomic E-state index is -3.46. The molecule has 2 rings (SSSR count). The first-order valence-electron chi connectivity index (χ1n) is 6.11. The topological polar surface area (TPSA) is 88.6 Å². The maximum absolute atomic E-state index is 12.2. The van der Waals surface area contributed by atoms with Crippen molar-refractivity contribution in [2.75, 3.05) is 13.1 Å². The molecule has 0 spiro atoms. The molecule has 0 aromatic carbocycles. The van der Waals surface area contributed by atoms with Crippen LogP contribution in [-0.2, 0) is 16.8 Å². The van der Waals surface area contributed by atoms with Gasteiger partial charge in [-0.05, 0) is 18.9 Å². The number of hydrogen-bond acceptors (Lipinski definition) is 4. The smallest absolute Gasteiger partial charge is 0.280 e. The molecule has 0 bridgehead atoms. The van der Waals surface area contributed by atoms with Crippen molar-refractivity contribution in [3.8, 4) is 0 Å². The molecule has 1 aromatic rings. The van der Waals surface area contributed by atoms with E-state index in [-0.39, 0.29) is 12.6 Å². The molecule has 1 aliphatic heterocycles. The third-order valence-electron chi connectivity index (χ3n) is 3.19. The summed E-state index contributed by atoms with van der Waals surface area (Å²) in [7, 11) is -3.46. The quantitative estimate of drug-likeness (QED) is 0.814. The molecule has 1 saturated heterocycles. The predicted octanol–water partition coefficient (Wildman–Crippen LogP) is 0.427. The van der Waals surface area contributed by atoms with Gasteiger partial charge in [-0.1, -0.05) is 6.42 Å². The number of nitrogens with one attached hydrogen (secondary N) is 1. The molecule has 7 heteroatoms. The average molecular weight is 273 g/mol. The van der Waals surface area contributed by atoms with E-state index in [0.29, 0.717) is 13.1 Å². The van der Waals surface area contributed by atoms with Gasteiger partial charge in [-0.15, -0.1) is 0 Å². The van der Waals surface area contributed by atoms with E-state index >= 15 is 0 Å². The third kappa shape index (κ3) is 3.11. The first kappa shape index (κ1) is 13.5. The van der Waals surface area contributed by atoms with Crippen LogP contribution in [0.25, 0.3) is 0 Å². The van der Waals surface area contributed by atoms with Crippen molar-refractivity contribution in [2.45, 2.75) is 31.8 Å². The van der Waals surface area contributed by atoms with Crippen LogP contribution in [0.4, 0.5) is 0 Å². The monoisotopic (exact) mass is 273 g/mol. The number of rotatable bonds is 5. The summed E-state index contributed by atoms with van der Waals surface area (Å²) in [5, 5.41) is 0. The number of nitrogens with two attached hydrogens (primary N) is 1. The fraction of sp³-hybridized carbons (Fsp3) is 0.636. The van der Waals surface area contributed by atoms with Gasteiger partial charge in [-0.2, -0.15) is 17.4 Å². The van der Waals surface area contributed by atoms with E-state index in [0.717, 1.165) is 24.8 Å². The van der Waals surface area contributed by atoms with Crippen LogP contribution in [0.15, 0.2) is 23.0 Å². The van der Waals surface area contributed by atoms with E-state index in [4.69, 9.17) is 10.2 Å². The van der Waals surface area contributed by atoms with E-state index in [1.54, 1.807) is 6.07 Å². The lowest BCUT2D eigenvalue weighted by Gasteiger charge is -2.33. The van der Waals surface area contributed by atoms with Gasteiger partial charge in [-0.3, -0.25) is 0 Å². The van der Waals surface area contributed by atoms with Gasteiger partial charge in [0.1, 0.15) is 0 Å². The first-order chi connectivity index (χ1) is 8.63. The van der Waals surface area contributed by atoms with Crippen molar-refractivity contribution in [3.63, 3.8) is 0 Å². The number of piperidine rings is 1. The molecule has 1 aromatic heterocycles. The van der Waals surface area contributed by atoms with Crippen LogP contribution in [0.1, 0.15) is 24.8 Å². The van der Waals surface area contributed by atoms with Gasteiger partial charge in [0.25, 0.3) is 10.2 Å². The van der Waals surface area contributed by atoms with E-state index in [9.17, 15) is 8.42 Å². The molecular formula is C11H19N3O3S. The van der Waals surface area contributed by atoms with Crippen molar-refractivity contribution in [3.05, 3.63) is 24.2 Å². The number of hydrogen-bond donors (Lipinski definition) is 2. The van der Waals surface area contributed by atoms with Crippen LogP contribution in [0.2, 0.25) is 0 Å². The largest absolute Gasteiger partial charge is 0.472 e. The van der Waals surface area contributed by atoms with Crippen LogP contribution in [0.3, 0.4) is 0 Å². The molecular weight excluding hydrogens is 254 g/mol. The van der Waals surface area contributed by atoms with Crippen molar-refractivity contribution < 1.29 is 12.8 Å². The molecule has 102 valence electrons. The lowest BCUT2D eigenvalue weighted by molar-refractivity contribution is 0.254. The summed E-state index contributed by atoms with van der Waals surface area (Å²) in [6, 6.07) is 1.65. The summed E-state index contributed by atoms with van der Waals surface area (Å²) in [6.45, 7) is 1.15. The molecule has 1 fully saturated rings. The second-order valence-electron chi connectivity index (χ2n) is 4.45. The van der Waals surface area contributed by atoms with Crippen LogP contribution in [0.5, 0.6) is 0 Å². The second-order valence-corrected chi connectivity index (χ2v) is 6.16. The molecule has 1 aliphatic rings. The predicted molar refractivity (Wildman–Crippen MR) is 67.9 cm³/mol. The minimum absolute atomic E-state index is 0.0828. The van der Waals surface area contributed by atoms with Gasteiger partial charge in [0.15, 0.2) is 0 Å². The highest BCUT2D eigenvalue weighted by Gasteiger charge is 2.30. The lowest BCUT2D eigenvalue weighted by atomic mass is 10.1. The molecule has 6 nitrogen and oxygen atoms in total.